The number of carbonyl (C=O) groups excluding carboxylic acids is 1. The van der Waals surface area contributed by atoms with Gasteiger partial charge in [-0.2, -0.15) is 0 Å². The fourth-order valence-corrected chi connectivity index (χ4v) is 2.52. The first-order valence-corrected chi connectivity index (χ1v) is 6.95. The highest BCUT2D eigenvalue weighted by Gasteiger charge is 2.26. The van der Waals surface area contributed by atoms with E-state index in [4.69, 9.17) is 9.47 Å². The van der Waals surface area contributed by atoms with E-state index < -0.39 is 5.60 Å². The normalized spacial score (nSPS) is 14.8. The van der Waals surface area contributed by atoms with Crippen LogP contribution in [0.2, 0.25) is 0 Å². The van der Waals surface area contributed by atoms with Crippen molar-refractivity contribution in [3.63, 3.8) is 0 Å². The van der Waals surface area contributed by atoms with Gasteiger partial charge < -0.3 is 14.4 Å². The fourth-order valence-electron chi connectivity index (χ4n) is 2.52. The molecule has 0 saturated carbocycles. The molecule has 4 nitrogen and oxygen atoms in total. The molecule has 1 amide bonds. The molecule has 2 rings (SSSR count). The van der Waals surface area contributed by atoms with Gasteiger partial charge >= 0.3 is 6.09 Å². The quantitative estimate of drug-likeness (QED) is 0.790. The summed E-state index contributed by atoms with van der Waals surface area (Å²) >= 11 is 0. The molecule has 0 unspecified atom stereocenters. The minimum absolute atomic E-state index is 0.239. The van der Waals surface area contributed by atoms with Crippen LogP contribution in [-0.4, -0.2) is 30.2 Å². The average Bonchev–Trinajstić information content (AvgIpc) is 2.37. The van der Waals surface area contributed by atoms with Crippen LogP contribution in [0, 0.1) is 6.92 Å². The van der Waals surface area contributed by atoms with Crippen molar-refractivity contribution in [2.45, 2.75) is 46.3 Å². The monoisotopic (exact) mass is 277 g/mol. The largest absolute Gasteiger partial charge is 0.496 e. The van der Waals surface area contributed by atoms with Gasteiger partial charge in [0.2, 0.25) is 0 Å². The van der Waals surface area contributed by atoms with Gasteiger partial charge in [0.15, 0.2) is 0 Å². The first-order chi connectivity index (χ1) is 9.31. The Morgan fingerprint density at radius 3 is 2.60 bits per heavy atom. The van der Waals surface area contributed by atoms with Gasteiger partial charge in [-0.25, -0.2) is 4.79 Å². The summed E-state index contributed by atoms with van der Waals surface area (Å²) in [4.78, 5) is 13.9. The van der Waals surface area contributed by atoms with Gasteiger partial charge in [-0.1, -0.05) is 6.07 Å². The van der Waals surface area contributed by atoms with Crippen LogP contribution in [0.4, 0.5) is 4.79 Å². The Morgan fingerprint density at radius 2 is 2.00 bits per heavy atom. The van der Waals surface area contributed by atoms with Crippen LogP contribution >= 0.6 is 0 Å². The van der Waals surface area contributed by atoms with E-state index in [1.807, 2.05) is 32.9 Å². The Bertz CT molecular complexity index is 517. The van der Waals surface area contributed by atoms with Crippen LogP contribution in [0.1, 0.15) is 37.5 Å². The van der Waals surface area contributed by atoms with Gasteiger partial charge in [0.25, 0.3) is 0 Å². The number of carbonyl (C=O) groups is 1. The molecule has 0 fully saturated rings. The molecule has 0 aromatic heterocycles. The van der Waals surface area contributed by atoms with Gasteiger partial charge in [0, 0.05) is 13.1 Å². The molecule has 0 N–H and O–H groups in total. The fraction of sp³-hybridized carbons (Fsp3) is 0.562. The number of hydrogen-bond acceptors (Lipinski definition) is 3. The van der Waals surface area contributed by atoms with Crippen molar-refractivity contribution in [1.82, 2.24) is 4.90 Å². The molecule has 0 spiro atoms. The Hall–Kier alpha value is -1.71. The average molecular weight is 277 g/mol. The van der Waals surface area contributed by atoms with E-state index in [1.54, 1.807) is 12.0 Å². The lowest BCUT2D eigenvalue weighted by molar-refractivity contribution is 0.0223. The van der Waals surface area contributed by atoms with Crippen LogP contribution in [0.25, 0.3) is 0 Å². The number of ether oxygens (including phenoxy) is 2. The summed E-state index contributed by atoms with van der Waals surface area (Å²) < 4.78 is 10.8. The van der Waals surface area contributed by atoms with Crippen LogP contribution in [0.3, 0.4) is 0 Å². The Kier molecular flexibility index (Phi) is 3.93. The zero-order valence-corrected chi connectivity index (χ0v) is 12.9. The summed E-state index contributed by atoms with van der Waals surface area (Å²) in [5, 5.41) is 0. The lowest BCUT2D eigenvalue weighted by atomic mass is 9.95. The predicted molar refractivity (Wildman–Crippen MR) is 78.1 cm³/mol. The highest BCUT2D eigenvalue weighted by atomic mass is 16.6. The van der Waals surface area contributed by atoms with E-state index in [9.17, 15) is 4.79 Å². The number of fused-ring (bicyclic) bond motifs is 1. The number of amides is 1. The highest BCUT2D eigenvalue weighted by molar-refractivity contribution is 5.69. The van der Waals surface area contributed by atoms with E-state index in [0.29, 0.717) is 13.1 Å². The lowest BCUT2D eigenvalue weighted by Gasteiger charge is -2.32. The van der Waals surface area contributed by atoms with E-state index in [2.05, 4.69) is 6.92 Å². The first kappa shape index (κ1) is 14.7. The van der Waals surface area contributed by atoms with Crippen molar-refractivity contribution >= 4 is 6.09 Å². The maximum Gasteiger partial charge on any atom is 0.410 e. The third-order valence-electron chi connectivity index (χ3n) is 3.51. The van der Waals surface area contributed by atoms with Crippen molar-refractivity contribution in [3.05, 3.63) is 28.8 Å². The molecule has 1 aromatic carbocycles. The SMILES string of the molecule is COc1ccc2c(c1C)CCN(C(=O)OC(C)(C)C)C2. The molecule has 1 aliphatic heterocycles. The third-order valence-corrected chi connectivity index (χ3v) is 3.51. The number of rotatable bonds is 1. The highest BCUT2D eigenvalue weighted by Crippen LogP contribution is 2.29. The maximum atomic E-state index is 12.1. The minimum atomic E-state index is -0.451. The molecule has 0 saturated heterocycles. The van der Waals surface area contributed by atoms with Gasteiger partial charge in [-0.15, -0.1) is 0 Å². The molecule has 0 bridgehead atoms. The molecule has 20 heavy (non-hydrogen) atoms. The second kappa shape index (κ2) is 5.35. The molecular weight excluding hydrogens is 254 g/mol. The van der Waals surface area contributed by atoms with Crippen LogP contribution in [-0.2, 0) is 17.7 Å². The number of nitrogens with zero attached hydrogens (tertiary/aromatic N) is 1. The number of methoxy groups -OCH3 is 1. The van der Waals surface area contributed by atoms with Crippen molar-refractivity contribution < 1.29 is 14.3 Å². The second-order valence-corrected chi connectivity index (χ2v) is 6.18. The molecule has 0 radical (unpaired) electrons. The molecule has 0 aliphatic carbocycles. The molecule has 1 heterocycles. The van der Waals surface area contributed by atoms with Crippen LogP contribution in [0.5, 0.6) is 5.75 Å². The lowest BCUT2D eigenvalue weighted by Crippen LogP contribution is -2.40. The summed E-state index contributed by atoms with van der Waals surface area (Å²) in [5.74, 6) is 0.912. The zero-order valence-electron chi connectivity index (χ0n) is 12.9. The first-order valence-electron chi connectivity index (χ1n) is 6.95. The Balaban J connectivity index is 2.16. The standard InChI is InChI=1S/C16H23NO3/c1-11-13-8-9-17(15(18)20-16(2,3)4)10-12(13)6-7-14(11)19-5/h6-7H,8-10H2,1-5H3. The smallest absolute Gasteiger partial charge is 0.410 e. The topological polar surface area (TPSA) is 38.8 Å². The molecule has 1 aromatic rings. The van der Waals surface area contributed by atoms with Gasteiger partial charge in [-0.3, -0.25) is 0 Å². The third kappa shape index (κ3) is 3.06. The minimum Gasteiger partial charge on any atom is -0.496 e. The van der Waals surface area contributed by atoms with E-state index in [-0.39, 0.29) is 6.09 Å². The predicted octanol–water partition coefficient (Wildman–Crippen LogP) is 3.30. The van der Waals surface area contributed by atoms with Crippen molar-refractivity contribution in [1.29, 1.82) is 0 Å². The molecule has 4 heteroatoms. The molecule has 110 valence electrons. The number of benzene rings is 1. The summed E-state index contributed by atoms with van der Waals surface area (Å²) in [5.41, 5.74) is 3.20. The molecular formula is C16H23NO3. The summed E-state index contributed by atoms with van der Waals surface area (Å²) in [7, 11) is 1.69. The molecule has 0 atom stereocenters. The van der Waals surface area contributed by atoms with E-state index in [1.165, 1.54) is 16.7 Å². The van der Waals surface area contributed by atoms with Crippen LogP contribution < -0.4 is 4.74 Å². The Labute approximate surface area is 120 Å². The van der Waals surface area contributed by atoms with Gasteiger partial charge in [0.1, 0.15) is 11.4 Å². The summed E-state index contributed by atoms with van der Waals surface area (Å²) in [6.45, 7) is 9.03. The Morgan fingerprint density at radius 1 is 1.30 bits per heavy atom. The molecule has 1 aliphatic rings. The van der Waals surface area contributed by atoms with E-state index >= 15 is 0 Å². The van der Waals surface area contributed by atoms with E-state index in [0.717, 1.165) is 12.2 Å². The number of hydrogen-bond donors (Lipinski definition) is 0. The maximum absolute atomic E-state index is 12.1. The summed E-state index contributed by atoms with van der Waals surface area (Å²) in [6, 6.07) is 4.00. The van der Waals surface area contributed by atoms with Crippen molar-refractivity contribution in [3.8, 4) is 5.75 Å². The van der Waals surface area contributed by atoms with Gasteiger partial charge in [0.05, 0.1) is 7.11 Å². The summed E-state index contributed by atoms with van der Waals surface area (Å²) in [6.07, 6.45) is 0.606. The second-order valence-electron chi connectivity index (χ2n) is 6.18. The van der Waals surface area contributed by atoms with Crippen molar-refractivity contribution in [2.75, 3.05) is 13.7 Å². The van der Waals surface area contributed by atoms with Gasteiger partial charge in [-0.05, 0) is 56.9 Å². The van der Waals surface area contributed by atoms with Crippen LogP contribution in [0.15, 0.2) is 12.1 Å². The van der Waals surface area contributed by atoms with Crippen molar-refractivity contribution in [2.24, 2.45) is 0 Å². The zero-order chi connectivity index (χ0) is 14.9.